The fourth-order valence-electron chi connectivity index (χ4n) is 2.71. The molecule has 0 unspecified atom stereocenters. The number of amides is 1. The Morgan fingerprint density at radius 1 is 1.27 bits per heavy atom. The maximum atomic E-state index is 11.9. The maximum Gasteiger partial charge on any atom is 0.234 e. The Hall–Kier alpha value is -2.48. The normalized spacial score (nSPS) is 13.8. The van der Waals surface area contributed by atoms with Crippen LogP contribution in [0.2, 0.25) is 0 Å². The van der Waals surface area contributed by atoms with Gasteiger partial charge in [0, 0.05) is 25.3 Å². The van der Waals surface area contributed by atoms with E-state index in [1.54, 1.807) is 11.3 Å². The Balaban J connectivity index is 1.16. The van der Waals surface area contributed by atoms with Gasteiger partial charge < -0.3 is 10.1 Å². The minimum Gasteiger partial charge on any atom is -0.494 e. The topological polar surface area (TPSA) is 81.4 Å². The molecule has 0 bridgehead atoms. The second-order valence-electron chi connectivity index (χ2n) is 6.39. The quantitative estimate of drug-likeness (QED) is 0.585. The molecule has 0 radical (unpaired) electrons. The van der Waals surface area contributed by atoms with Crippen molar-refractivity contribution < 1.29 is 9.53 Å². The van der Waals surface area contributed by atoms with Gasteiger partial charge in [0.15, 0.2) is 5.82 Å². The number of nitrogens with one attached hydrogen (secondary N) is 1. The van der Waals surface area contributed by atoms with Crippen LogP contribution >= 0.6 is 11.3 Å². The fourth-order valence-corrected chi connectivity index (χ4v) is 3.55. The summed E-state index contributed by atoms with van der Waals surface area (Å²) >= 11 is 1.54. The molecule has 2 aromatic heterocycles. The average molecular weight is 371 g/mol. The highest BCUT2D eigenvalue weighted by Gasteiger charge is 2.29. The number of nitrogens with zero attached hydrogens (tertiary/aromatic N) is 4. The number of carbonyl (C=O) groups excluding carboxylic acids is 1. The predicted octanol–water partition coefficient (Wildman–Crippen LogP) is 2.58. The zero-order valence-corrected chi connectivity index (χ0v) is 15.2. The van der Waals surface area contributed by atoms with Crippen LogP contribution in [-0.4, -0.2) is 38.9 Å². The van der Waals surface area contributed by atoms with Crippen LogP contribution < -0.4 is 10.1 Å². The van der Waals surface area contributed by atoms with E-state index in [-0.39, 0.29) is 5.91 Å². The molecular weight excluding hydrogens is 350 g/mol. The van der Waals surface area contributed by atoms with Crippen LogP contribution in [0.5, 0.6) is 5.75 Å². The number of rotatable bonds is 9. The molecule has 3 aromatic rings. The lowest BCUT2D eigenvalue weighted by molar-refractivity contribution is -0.121. The van der Waals surface area contributed by atoms with Crippen molar-refractivity contribution in [3.63, 3.8) is 0 Å². The van der Waals surface area contributed by atoms with Gasteiger partial charge in [-0.3, -0.25) is 4.79 Å². The largest absolute Gasteiger partial charge is 0.494 e. The van der Waals surface area contributed by atoms with E-state index in [4.69, 9.17) is 4.74 Å². The van der Waals surface area contributed by atoms with E-state index in [0.29, 0.717) is 38.3 Å². The SMILES string of the molecule is O=C(CCCOc1ccccc1)NCCc1nn2c(C3CC3)nnc2s1. The number of aromatic nitrogens is 4. The molecule has 1 amide bonds. The molecule has 0 saturated heterocycles. The van der Waals surface area contributed by atoms with Crippen molar-refractivity contribution in [3.05, 3.63) is 41.2 Å². The van der Waals surface area contributed by atoms with E-state index in [2.05, 4.69) is 20.6 Å². The van der Waals surface area contributed by atoms with Crippen LogP contribution in [0.3, 0.4) is 0 Å². The summed E-state index contributed by atoms with van der Waals surface area (Å²) in [5.74, 6) is 2.38. The molecule has 1 aliphatic carbocycles. The van der Waals surface area contributed by atoms with Gasteiger partial charge in [0.05, 0.1) is 6.61 Å². The Morgan fingerprint density at radius 2 is 2.12 bits per heavy atom. The first-order valence-electron chi connectivity index (χ1n) is 8.95. The average Bonchev–Trinajstić information content (AvgIpc) is 3.30. The molecule has 0 aliphatic heterocycles. The molecule has 26 heavy (non-hydrogen) atoms. The van der Waals surface area contributed by atoms with Crippen molar-refractivity contribution in [2.45, 2.75) is 38.0 Å². The van der Waals surface area contributed by atoms with Crippen molar-refractivity contribution in [1.82, 2.24) is 25.1 Å². The smallest absolute Gasteiger partial charge is 0.234 e. The van der Waals surface area contributed by atoms with Gasteiger partial charge in [-0.2, -0.15) is 9.61 Å². The highest BCUT2D eigenvalue weighted by molar-refractivity contribution is 7.16. The van der Waals surface area contributed by atoms with Gasteiger partial charge in [0.1, 0.15) is 10.8 Å². The van der Waals surface area contributed by atoms with Crippen molar-refractivity contribution in [2.75, 3.05) is 13.2 Å². The molecule has 1 N–H and O–H groups in total. The summed E-state index contributed by atoms with van der Waals surface area (Å²) in [4.78, 5) is 12.7. The molecule has 1 fully saturated rings. The Labute approximate surface area is 155 Å². The molecule has 4 rings (SSSR count). The molecular formula is C18H21N5O2S. The number of hydrogen-bond donors (Lipinski definition) is 1. The van der Waals surface area contributed by atoms with E-state index in [1.165, 1.54) is 12.8 Å². The van der Waals surface area contributed by atoms with E-state index in [1.807, 2.05) is 34.8 Å². The number of para-hydroxylation sites is 1. The molecule has 7 nitrogen and oxygen atoms in total. The molecule has 8 heteroatoms. The molecule has 1 aromatic carbocycles. The highest BCUT2D eigenvalue weighted by atomic mass is 32.1. The highest BCUT2D eigenvalue weighted by Crippen LogP contribution is 2.39. The zero-order chi connectivity index (χ0) is 17.8. The summed E-state index contributed by atoms with van der Waals surface area (Å²) < 4.78 is 7.45. The number of ether oxygens (including phenoxy) is 1. The van der Waals surface area contributed by atoms with Crippen molar-refractivity contribution in [1.29, 1.82) is 0 Å². The lowest BCUT2D eigenvalue weighted by atomic mass is 10.3. The third-order valence-corrected chi connectivity index (χ3v) is 5.18. The van der Waals surface area contributed by atoms with Crippen LogP contribution in [0.25, 0.3) is 4.96 Å². The number of benzene rings is 1. The Morgan fingerprint density at radius 3 is 2.92 bits per heavy atom. The van der Waals surface area contributed by atoms with Gasteiger partial charge in [-0.25, -0.2) is 0 Å². The number of hydrogen-bond acceptors (Lipinski definition) is 6. The summed E-state index contributed by atoms with van der Waals surface area (Å²) in [6.07, 6.45) is 4.23. The third kappa shape index (κ3) is 4.19. The lowest BCUT2D eigenvalue weighted by Gasteiger charge is -2.06. The fraction of sp³-hybridized carbons (Fsp3) is 0.444. The summed E-state index contributed by atoms with van der Waals surface area (Å²) in [6.45, 7) is 1.12. The zero-order valence-electron chi connectivity index (χ0n) is 14.4. The van der Waals surface area contributed by atoms with Crippen LogP contribution in [0.1, 0.15) is 42.4 Å². The molecule has 0 spiro atoms. The first-order valence-corrected chi connectivity index (χ1v) is 9.77. The van der Waals surface area contributed by atoms with Crippen molar-refractivity contribution >= 4 is 22.2 Å². The number of carbonyl (C=O) groups is 1. The van der Waals surface area contributed by atoms with Gasteiger partial charge in [0.25, 0.3) is 0 Å². The molecule has 1 saturated carbocycles. The van der Waals surface area contributed by atoms with Crippen LogP contribution in [0.15, 0.2) is 30.3 Å². The van der Waals surface area contributed by atoms with E-state index >= 15 is 0 Å². The number of fused-ring (bicyclic) bond motifs is 1. The van der Waals surface area contributed by atoms with Gasteiger partial charge >= 0.3 is 0 Å². The first-order chi connectivity index (χ1) is 12.8. The maximum absolute atomic E-state index is 11.9. The predicted molar refractivity (Wildman–Crippen MR) is 98.5 cm³/mol. The van der Waals surface area contributed by atoms with Crippen LogP contribution in [0, 0.1) is 0 Å². The van der Waals surface area contributed by atoms with Gasteiger partial charge in [-0.1, -0.05) is 29.5 Å². The van der Waals surface area contributed by atoms with E-state index in [0.717, 1.165) is 21.5 Å². The molecule has 1 aliphatic rings. The summed E-state index contributed by atoms with van der Waals surface area (Å²) in [5, 5.41) is 16.9. The third-order valence-electron chi connectivity index (χ3n) is 4.22. The van der Waals surface area contributed by atoms with Gasteiger partial charge in [-0.15, -0.1) is 10.2 Å². The summed E-state index contributed by atoms with van der Waals surface area (Å²) in [5.41, 5.74) is 0. The second-order valence-corrected chi connectivity index (χ2v) is 7.43. The Bertz CT molecular complexity index is 872. The van der Waals surface area contributed by atoms with Gasteiger partial charge in [0.2, 0.25) is 10.9 Å². The minimum atomic E-state index is 0.0448. The summed E-state index contributed by atoms with van der Waals surface area (Å²) in [6, 6.07) is 9.64. The monoisotopic (exact) mass is 371 g/mol. The molecule has 0 atom stereocenters. The first kappa shape index (κ1) is 17.0. The molecule has 2 heterocycles. The lowest BCUT2D eigenvalue weighted by Crippen LogP contribution is -2.25. The van der Waals surface area contributed by atoms with Crippen molar-refractivity contribution in [2.24, 2.45) is 0 Å². The van der Waals surface area contributed by atoms with E-state index in [9.17, 15) is 4.79 Å². The Kier molecular flexibility index (Phi) is 5.10. The van der Waals surface area contributed by atoms with Crippen molar-refractivity contribution in [3.8, 4) is 5.75 Å². The standard InChI is InChI=1S/C18H21N5O2S/c24-15(7-4-12-25-14-5-2-1-3-6-14)19-11-10-16-22-23-17(13-8-9-13)20-21-18(23)26-16/h1-3,5-6,13H,4,7-12H2,(H,19,24). The van der Waals surface area contributed by atoms with Crippen LogP contribution in [0.4, 0.5) is 0 Å². The van der Waals surface area contributed by atoms with Crippen LogP contribution in [-0.2, 0) is 11.2 Å². The van der Waals surface area contributed by atoms with E-state index < -0.39 is 0 Å². The second kappa shape index (κ2) is 7.82. The van der Waals surface area contributed by atoms with Gasteiger partial charge in [-0.05, 0) is 31.4 Å². The summed E-state index contributed by atoms with van der Waals surface area (Å²) in [7, 11) is 0. The molecule has 136 valence electrons. The minimum absolute atomic E-state index is 0.0448.